The number of carboxylic acids is 1. The summed E-state index contributed by atoms with van der Waals surface area (Å²) in [5.74, 6) is -1.60. The molecule has 1 aromatic carbocycles. The number of aliphatic hydroxyl groups is 1. The number of fused-ring (bicyclic) bond motifs is 2. The zero-order valence-corrected chi connectivity index (χ0v) is 12.8. The van der Waals surface area contributed by atoms with Crippen molar-refractivity contribution in [2.45, 2.75) is 43.9 Å². The minimum Gasteiger partial charge on any atom is -0.481 e. The number of hydrogen-bond donors (Lipinski definition) is 2. The highest BCUT2D eigenvalue weighted by Gasteiger charge is 2.67. The van der Waals surface area contributed by atoms with Crippen LogP contribution in [0.25, 0.3) is 0 Å². The van der Waals surface area contributed by atoms with Crippen LogP contribution in [-0.2, 0) is 4.79 Å². The summed E-state index contributed by atoms with van der Waals surface area (Å²) in [5.41, 5.74) is -3.03. The van der Waals surface area contributed by atoms with Crippen LogP contribution in [0.15, 0.2) is 30.3 Å². The van der Waals surface area contributed by atoms with Crippen molar-refractivity contribution in [1.29, 1.82) is 0 Å². The maximum Gasteiger partial charge on any atom is 0.314 e. The third-order valence-corrected chi connectivity index (χ3v) is 5.75. The molecule has 5 nitrogen and oxygen atoms in total. The van der Waals surface area contributed by atoms with E-state index in [1.165, 1.54) is 6.92 Å². The lowest BCUT2D eigenvalue weighted by atomic mass is 9.61. The number of piperidine rings is 1. The molecule has 118 valence electrons. The average molecular weight is 303 g/mol. The second kappa shape index (κ2) is 4.89. The summed E-state index contributed by atoms with van der Waals surface area (Å²) in [6.07, 6.45) is 1.67. The van der Waals surface area contributed by atoms with E-state index in [-0.39, 0.29) is 18.5 Å². The molecule has 4 atom stereocenters. The average Bonchev–Trinajstić information content (AvgIpc) is 2.80. The van der Waals surface area contributed by atoms with E-state index in [1.807, 2.05) is 11.9 Å². The van der Waals surface area contributed by atoms with E-state index in [4.69, 9.17) is 0 Å². The smallest absolute Gasteiger partial charge is 0.314 e. The van der Waals surface area contributed by atoms with E-state index in [9.17, 15) is 19.8 Å². The monoisotopic (exact) mass is 303 g/mol. The van der Waals surface area contributed by atoms with Crippen LogP contribution in [0.4, 0.5) is 0 Å². The molecule has 3 rings (SSSR count). The van der Waals surface area contributed by atoms with Gasteiger partial charge in [-0.1, -0.05) is 30.3 Å². The van der Waals surface area contributed by atoms with Gasteiger partial charge >= 0.3 is 5.97 Å². The molecule has 2 saturated heterocycles. The summed E-state index contributed by atoms with van der Waals surface area (Å²) < 4.78 is 0. The van der Waals surface area contributed by atoms with Crippen molar-refractivity contribution in [2.75, 3.05) is 7.05 Å². The molecule has 1 aromatic rings. The third kappa shape index (κ3) is 1.79. The first-order valence-electron chi connectivity index (χ1n) is 7.60. The number of hydrogen-bond acceptors (Lipinski definition) is 4. The quantitative estimate of drug-likeness (QED) is 0.829. The second-order valence-electron chi connectivity index (χ2n) is 6.68. The molecule has 2 aliphatic heterocycles. The molecular formula is C17H21NO4. The van der Waals surface area contributed by atoms with Crippen LogP contribution in [0.2, 0.25) is 0 Å². The fraction of sp³-hybridized carbons (Fsp3) is 0.529. The third-order valence-electron chi connectivity index (χ3n) is 5.75. The maximum absolute atomic E-state index is 12.9. The number of benzene rings is 1. The van der Waals surface area contributed by atoms with Crippen LogP contribution in [-0.4, -0.2) is 51.6 Å². The summed E-state index contributed by atoms with van der Waals surface area (Å²) in [7, 11) is 1.89. The van der Waals surface area contributed by atoms with Crippen molar-refractivity contribution >= 4 is 11.8 Å². The standard InChI is InChI=1S/C17H21NO4/c1-16(15(20)21)13-9-8-12(18(13)2)10-17(16,22)14(19)11-6-4-3-5-7-11/h3-7,12-13,22H,8-10H2,1-2H3,(H,20,21)/t12-,13+,16-,17+/m0/s1. The van der Waals surface area contributed by atoms with Gasteiger partial charge in [-0.2, -0.15) is 0 Å². The molecule has 5 heteroatoms. The molecule has 0 spiro atoms. The van der Waals surface area contributed by atoms with E-state index >= 15 is 0 Å². The molecule has 0 amide bonds. The van der Waals surface area contributed by atoms with Crippen molar-refractivity contribution in [3.05, 3.63) is 35.9 Å². The molecule has 2 N–H and O–H groups in total. The predicted octanol–water partition coefficient (Wildman–Crippen LogP) is 1.56. The van der Waals surface area contributed by atoms with E-state index in [0.29, 0.717) is 12.0 Å². The molecule has 2 fully saturated rings. The lowest BCUT2D eigenvalue weighted by Gasteiger charge is -2.52. The number of carboxylic acid groups (broad SMARTS) is 1. The second-order valence-corrected chi connectivity index (χ2v) is 6.68. The van der Waals surface area contributed by atoms with Gasteiger partial charge < -0.3 is 10.2 Å². The summed E-state index contributed by atoms with van der Waals surface area (Å²) in [5, 5.41) is 21.1. The zero-order valence-electron chi connectivity index (χ0n) is 12.8. The highest BCUT2D eigenvalue weighted by molar-refractivity contribution is 6.06. The first kappa shape index (κ1) is 15.2. The van der Waals surface area contributed by atoms with Crippen LogP contribution in [0.3, 0.4) is 0 Å². The molecule has 0 aliphatic carbocycles. The van der Waals surface area contributed by atoms with Crippen molar-refractivity contribution in [2.24, 2.45) is 5.41 Å². The largest absolute Gasteiger partial charge is 0.481 e. The van der Waals surface area contributed by atoms with Gasteiger partial charge in [0.15, 0.2) is 5.78 Å². The number of rotatable bonds is 3. The molecule has 0 aromatic heterocycles. The van der Waals surface area contributed by atoms with Crippen molar-refractivity contribution in [1.82, 2.24) is 4.90 Å². The molecule has 22 heavy (non-hydrogen) atoms. The Morgan fingerprint density at radius 3 is 2.45 bits per heavy atom. The van der Waals surface area contributed by atoms with Gasteiger partial charge in [0.05, 0.1) is 0 Å². The van der Waals surface area contributed by atoms with E-state index in [2.05, 4.69) is 0 Å². The van der Waals surface area contributed by atoms with Gasteiger partial charge in [-0.3, -0.25) is 14.5 Å². The van der Waals surface area contributed by atoms with Crippen molar-refractivity contribution < 1.29 is 19.8 Å². The van der Waals surface area contributed by atoms with E-state index < -0.39 is 22.8 Å². The molecular weight excluding hydrogens is 282 g/mol. The van der Waals surface area contributed by atoms with Crippen LogP contribution in [0, 0.1) is 5.41 Å². The van der Waals surface area contributed by atoms with Gasteiger partial charge in [-0.05, 0) is 26.8 Å². The Labute approximate surface area is 129 Å². The SMILES string of the molecule is CN1[C@H]2CC[C@@H]1[C@@](C)(C(=O)O)[C@](O)(C(=O)c1ccccc1)C2. The van der Waals surface area contributed by atoms with Gasteiger partial charge in [0.25, 0.3) is 0 Å². The Kier molecular flexibility index (Phi) is 3.38. The van der Waals surface area contributed by atoms with Gasteiger partial charge in [0.2, 0.25) is 0 Å². The van der Waals surface area contributed by atoms with Gasteiger partial charge in [0.1, 0.15) is 11.0 Å². The Balaban J connectivity index is 2.11. The van der Waals surface area contributed by atoms with Crippen molar-refractivity contribution in [3.63, 3.8) is 0 Å². The summed E-state index contributed by atoms with van der Waals surface area (Å²) in [4.78, 5) is 27.0. The lowest BCUT2D eigenvalue weighted by Crippen LogP contribution is -2.69. The zero-order chi connectivity index (χ0) is 16.1. The first-order chi connectivity index (χ1) is 10.3. The minimum absolute atomic E-state index is 0.0510. The maximum atomic E-state index is 12.9. The van der Waals surface area contributed by atoms with Gasteiger partial charge in [-0.25, -0.2) is 0 Å². The van der Waals surface area contributed by atoms with Gasteiger partial charge in [-0.15, -0.1) is 0 Å². The van der Waals surface area contributed by atoms with Crippen LogP contribution < -0.4 is 0 Å². The Bertz CT molecular complexity index is 616. The Morgan fingerprint density at radius 2 is 1.86 bits per heavy atom. The Morgan fingerprint density at radius 1 is 1.23 bits per heavy atom. The molecule has 2 heterocycles. The van der Waals surface area contributed by atoms with E-state index in [1.54, 1.807) is 30.3 Å². The number of carbonyl (C=O) groups excluding carboxylic acids is 1. The summed E-state index contributed by atoms with van der Waals surface area (Å²) in [6, 6.07) is 8.20. The molecule has 0 radical (unpaired) electrons. The minimum atomic E-state index is -1.88. The molecule has 0 unspecified atom stereocenters. The predicted molar refractivity (Wildman–Crippen MR) is 80.7 cm³/mol. The fourth-order valence-corrected chi connectivity index (χ4v) is 4.26. The first-order valence-corrected chi connectivity index (χ1v) is 7.60. The van der Waals surface area contributed by atoms with Crippen LogP contribution >= 0.6 is 0 Å². The normalized spacial score (nSPS) is 38.0. The van der Waals surface area contributed by atoms with Crippen LogP contribution in [0.5, 0.6) is 0 Å². The molecule has 2 bridgehead atoms. The van der Waals surface area contributed by atoms with Gasteiger partial charge in [0, 0.05) is 24.1 Å². The number of carbonyl (C=O) groups is 2. The van der Waals surface area contributed by atoms with Crippen LogP contribution in [0.1, 0.15) is 36.5 Å². The number of nitrogens with zero attached hydrogens (tertiary/aromatic N) is 1. The summed E-state index contributed by atoms with van der Waals surface area (Å²) in [6.45, 7) is 1.51. The fourth-order valence-electron chi connectivity index (χ4n) is 4.26. The lowest BCUT2D eigenvalue weighted by molar-refractivity contribution is -0.179. The number of ketones is 1. The highest BCUT2D eigenvalue weighted by atomic mass is 16.4. The van der Waals surface area contributed by atoms with E-state index in [0.717, 1.165) is 6.42 Å². The summed E-state index contributed by atoms with van der Waals surface area (Å²) >= 11 is 0. The topological polar surface area (TPSA) is 77.8 Å². The van der Waals surface area contributed by atoms with Crippen molar-refractivity contribution in [3.8, 4) is 0 Å². The highest BCUT2D eigenvalue weighted by Crippen LogP contribution is 2.52. The molecule has 0 saturated carbocycles. The number of Topliss-reactive ketones (excluding diaryl/α,β-unsaturated/α-hetero) is 1. The molecule has 2 aliphatic rings. The Hall–Kier alpha value is -1.72. The number of aliphatic carboxylic acids is 1.